The lowest BCUT2D eigenvalue weighted by Gasteiger charge is -2.07. The number of hydrogen-bond acceptors (Lipinski definition) is 8. The van der Waals surface area contributed by atoms with Crippen LogP contribution in [0, 0.1) is 21.3 Å². The molecule has 0 unspecified atom stereocenters. The molecule has 28 heavy (non-hydrogen) atoms. The SMILES string of the molecule is N#CSc1ccc(C=Cc2ccc(SC#N)cc2S(=O)(=O)O)c(S(=O)(=O)O)c1. The first-order chi connectivity index (χ1) is 13.1. The molecule has 0 saturated carbocycles. The fourth-order valence-electron chi connectivity index (χ4n) is 2.16. The van der Waals surface area contributed by atoms with Gasteiger partial charge in [-0.1, -0.05) is 24.3 Å². The second-order valence-corrected chi connectivity index (χ2v) is 9.57. The van der Waals surface area contributed by atoms with Gasteiger partial charge in [0.1, 0.15) is 20.6 Å². The van der Waals surface area contributed by atoms with Gasteiger partial charge in [-0.2, -0.15) is 27.4 Å². The van der Waals surface area contributed by atoms with Gasteiger partial charge in [0.2, 0.25) is 0 Å². The molecule has 0 bridgehead atoms. The normalized spacial score (nSPS) is 11.9. The average Bonchev–Trinajstić information content (AvgIpc) is 2.60. The van der Waals surface area contributed by atoms with Crippen LogP contribution in [0.25, 0.3) is 12.2 Å². The minimum absolute atomic E-state index is 0.0431. The Morgan fingerprint density at radius 3 is 1.39 bits per heavy atom. The maximum absolute atomic E-state index is 11.6. The van der Waals surface area contributed by atoms with Crippen LogP contribution in [-0.4, -0.2) is 25.9 Å². The summed E-state index contributed by atoms with van der Waals surface area (Å²) >= 11 is 1.41. The molecule has 2 N–H and O–H groups in total. The van der Waals surface area contributed by atoms with E-state index in [1.807, 2.05) is 0 Å². The minimum atomic E-state index is -4.61. The Bertz CT molecular complexity index is 1140. The molecule has 0 spiro atoms. The topological polar surface area (TPSA) is 156 Å². The highest BCUT2D eigenvalue weighted by atomic mass is 32.2. The lowest BCUT2D eigenvalue weighted by atomic mass is 10.1. The monoisotopic (exact) mass is 454 g/mol. The molecule has 0 aromatic heterocycles. The highest BCUT2D eigenvalue weighted by Gasteiger charge is 2.17. The molecule has 0 fully saturated rings. The molecule has 8 nitrogen and oxygen atoms in total. The number of thioether (sulfide) groups is 2. The molecule has 0 aliphatic carbocycles. The molecule has 0 atom stereocenters. The summed E-state index contributed by atoms with van der Waals surface area (Å²) in [4.78, 5) is -0.337. The molecule has 0 aliphatic rings. The van der Waals surface area contributed by atoms with E-state index in [0.29, 0.717) is 33.3 Å². The van der Waals surface area contributed by atoms with Crippen molar-refractivity contribution in [1.29, 1.82) is 10.5 Å². The van der Waals surface area contributed by atoms with Crippen LogP contribution >= 0.6 is 23.5 Å². The Labute approximate surface area is 170 Å². The Hall–Kier alpha value is -2.32. The summed E-state index contributed by atoms with van der Waals surface area (Å²) in [5.74, 6) is 0. The summed E-state index contributed by atoms with van der Waals surface area (Å²) in [5, 5.41) is 20.9. The first kappa shape index (κ1) is 22.0. The van der Waals surface area contributed by atoms with Crippen molar-refractivity contribution in [2.24, 2.45) is 0 Å². The predicted octanol–water partition coefficient (Wildman–Crippen LogP) is 3.50. The van der Waals surface area contributed by atoms with Crippen LogP contribution in [-0.2, 0) is 20.2 Å². The van der Waals surface area contributed by atoms with Crippen molar-refractivity contribution in [2.45, 2.75) is 19.6 Å². The van der Waals surface area contributed by atoms with E-state index in [9.17, 15) is 25.9 Å². The molecule has 2 aromatic rings. The fourth-order valence-corrected chi connectivity index (χ4v) is 4.57. The van der Waals surface area contributed by atoms with E-state index in [1.165, 1.54) is 36.4 Å². The average molecular weight is 455 g/mol. The number of thiocyanates is 2. The van der Waals surface area contributed by atoms with Crippen LogP contribution in [0.2, 0.25) is 0 Å². The van der Waals surface area contributed by atoms with E-state index in [4.69, 9.17) is 10.5 Å². The van der Waals surface area contributed by atoms with Gasteiger partial charge in [0, 0.05) is 9.79 Å². The zero-order valence-electron chi connectivity index (χ0n) is 13.7. The van der Waals surface area contributed by atoms with Gasteiger partial charge in [-0.3, -0.25) is 9.11 Å². The van der Waals surface area contributed by atoms with Crippen LogP contribution in [0.3, 0.4) is 0 Å². The zero-order valence-corrected chi connectivity index (χ0v) is 16.9. The lowest BCUT2D eigenvalue weighted by Crippen LogP contribution is -2.02. The van der Waals surface area contributed by atoms with E-state index in [-0.39, 0.29) is 11.1 Å². The number of nitriles is 2. The van der Waals surface area contributed by atoms with Crippen LogP contribution < -0.4 is 0 Å². The Morgan fingerprint density at radius 1 is 0.750 bits per heavy atom. The van der Waals surface area contributed by atoms with Crippen molar-refractivity contribution in [3.63, 3.8) is 0 Å². The molecule has 144 valence electrons. The maximum atomic E-state index is 11.6. The quantitative estimate of drug-likeness (QED) is 0.286. The van der Waals surface area contributed by atoms with Gasteiger partial charge in [0.15, 0.2) is 0 Å². The number of benzene rings is 2. The third-order valence-corrected chi connectivity index (χ3v) is 6.28. The van der Waals surface area contributed by atoms with E-state index >= 15 is 0 Å². The van der Waals surface area contributed by atoms with Gasteiger partial charge in [-0.15, -0.1) is 0 Å². The summed E-state index contributed by atoms with van der Waals surface area (Å²) in [6.07, 6.45) is 2.48. The number of rotatable bonds is 6. The van der Waals surface area contributed by atoms with Crippen LogP contribution in [0.5, 0.6) is 0 Å². The molecular formula is C16H10N2O6S4. The maximum Gasteiger partial charge on any atom is 0.295 e. The van der Waals surface area contributed by atoms with Gasteiger partial charge in [0.05, 0.1) is 0 Å². The third-order valence-electron chi connectivity index (χ3n) is 3.30. The highest BCUT2D eigenvalue weighted by Crippen LogP contribution is 2.28. The van der Waals surface area contributed by atoms with Gasteiger partial charge < -0.3 is 0 Å². The van der Waals surface area contributed by atoms with Crippen molar-refractivity contribution in [2.75, 3.05) is 0 Å². The third kappa shape index (κ3) is 5.59. The van der Waals surface area contributed by atoms with Gasteiger partial charge in [-0.05, 0) is 58.9 Å². The van der Waals surface area contributed by atoms with Crippen LogP contribution in [0.1, 0.15) is 11.1 Å². The summed E-state index contributed by atoms with van der Waals surface area (Å²) < 4.78 is 65.3. The second-order valence-electron chi connectivity index (χ2n) is 5.07. The van der Waals surface area contributed by atoms with Gasteiger partial charge in [-0.25, -0.2) is 0 Å². The van der Waals surface area contributed by atoms with Crippen LogP contribution in [0.4, 0.5) is 0 Å². The molecule has 2 aromatic carbocycles. The molecule has 0 aliphatic heterocycles. The Kier molecular flexibility index (Phi) is 6.90. The van der Waals surface area contributed by atoms with Crippen molar-refractivity contribution in [1.82, 2.24) is 0 Å². The van der Waals surface area contributed by atoms with E-state index < -0.39 is 30.0 Å². The number of hydrogen-bond donors (Lipinski definition) is 2. The number of nitrogens with zero attached hydrogens (tertiary/aromatic N) is 2. The zero-order chi connectivity index (χ0) is 20.9. The molecule has 2 rings (SSSR count). The van der Waals surface area contributed by atoms with Crippen molar-refractivity contribution in [3.05, 3.63) is 47.5 Å². The highest BCUT2D eigenvalue weighted by molar-refractivity contribution is 8.04. The first-order valence-corrected chi connectivity index (χ1v) is 11.6. The molecule has 0 radical (unpaired) electrons. The molecule has 0 heterocycles. The molecule has 0 amide bonds. The Morgan fingerprint density at radius 2 is 1.11 bits per heavy atom. The van der Waals surface area contributed by atoms with Crippen molar-refractivity contribution < 1.29 is 25.9 Å². The summed E-state index contributed by atoms with van der Waals surface area (Å²) in [6.45, 7) is 0. The van der Waals surface area contributed by atoms with Crippen molar-refractivity contribution in [3.8, 4) is 10.8 Å². The van der Waals surface area contributed by atoms with Crippen molar-refractivity contribution >= 4 is 55.9 Å². The summed E-state index contributed by atoms with van der Waals surface area (Å²) in [7, 11) is -9.22. The molecule has 0 saturated heterocycles. The summed E-state index contributed by atoms with van der Waals surface area (Å²) in [6, 6.07) is 7.81. The van der Waals surface area contributed by atoms with E-state index in [1.54, 1.807) is 10.8 Å². The second kappa shape index (κ2) is 8.79. The smallest absolute Gasteiger partial charge is 0.282 e. The largest absolute Gasteiger partial charge is 0.295 e. The standard InChI is InChI=1S/C16H10N2O6S4/c17-9-25-13-5-3-11(15(7-13)27(19,20)21)1-2-12-4-6-14(26-10-18)8-16(12)28(22,23)24/h1-8H,(H,19,20,21)(H,22,23,24). The van der Waals surface area contributed by atoms with Gasteiger partial charge >= 0.3 is 0 Å². The van der Waals surface area contributed by atoms with Crippen LogP contribution in [0.15, 0.2) is 56.0 Å². The Balaban J connectivity index is 2.58. The summed E-state index contributed by atoms with van der Waals surface area (Å²) in [5.41, 5.74) is 0.0862. The fraction of sp³-hybridized carbons (Fsp3) is 0. The van der Waals surface area contributed by atoms with Gasteiger partial charge in [0.25, 0.3) is 20.2 Å². The molecular weight excluding hydrogens is 444 g/mol. The van der Waals surface area contributed by atoms with E-state index in [2.05, 4.69) is 0 Å². The molecule has 12 heteroatoms. The first-order valence-electron chi connectivity index (χ1n) is 7.09. The lowest BCUT2D eigenvalue weighted by molar-refractivity contribution is 0.480. The minimum Gasteiger partial charge on any atom is -0.282 e. The van der Waals surface area contributed by atoms with E-state index in [0.717, 1.165) is 12.1 Å². The predicted molar refractivity (Wildman–Crippen MR) is 104 cm³/mol.